The fourth-order valence-electron chi connectivity index (χ4n) is 1.05. The number of carboxylic acids is 1. The predicted octanol–water partition coefficient (Wildman–Crippen LogP) is 2.79. The van der Waals surface area contributed by atoms with E-state index in [2.05, 4.69) is 18.6 Å². The number of carbonyl (C=O) groups is 2. The van der Waals surface area contributed by atoms with Crippen LogP contribution in [0.25, 0.3) is 0 Å². The maximum Gasteiger partial charge on any atom is 0.349 e. The van der Waals surface area contributed by atoms with E-state index in [0.29, 0.717) is 5.56 Å². The number of hydrogen-bond donors (Lipinski definition) is 1. The summed E-state index contributed by atoms with van der Waals surface area (Å²) in [5.41, 5.74) is 0.454. The molecule has 0 aliphatic heterocycles. The standard InChI is InChI=1S/C10H10O4.C3H8/c1-7(11)14-9(10(12)13)8-5-3-2-4-6-8;1-3-2/h2-6,9H,1H3,(H,12,13);3H2,1-2H3. The van der Waals surface area contributed by atoms with Gasteiger partial charge in [0, 0.05) is 12.5 Å². The minimum Gasteiger partial charge on any atom is -0.478 e. The van der Waals surface area contributed by atoms with Crippen molar-refractivity contribution in [2.24, 2.45) is 0 Å². The second-order valence-electron chi connectivity index (χ2n) is 3.45. The number of esters is 1. The Morgan fingerprint density at radius 2 is 1.71 bits per heavy atom. The van der Waals surface area contributed by atoms with E-state index in [0.717, 1.165) is 0 Å². The number of rotatable bonds is 3. The lowest BCUT2D eigenvalue weighted by atomic mass is 10.1. The molecule has 1 aromatic carbocycles. The zero-order valence-electron chi connectivity index (χ0n) is 10.3. The number of benzene rings is 1. The molecule has 0 spiro atoms. The highest BCUT2D eigenvalue weighted by Crippen LogP contribution is 2.17. The molecule has 1 N–H and O–H groups in total. The van der Waals surface area contributed by atoms with Crippen molar-refractivity contribution in [3.63, 3.8) is 0 Å². The van der Waals surface area contributed by atoms with Crippen molar-refractivity contribution in [3.05, 3.63) is 35.9 Å². The van der Waals surface area contributed by atoms with Gasteiger partial charge in [-0.05, 0) is 0 Å². The van der Waals surface area contributed by atoms with Gasteiger partial charge in [-0.2, -0.15) is 0 Å². The van der Waals surface area contributed by atoms with Gasteiger partial charge in [0.25, 0.3) is 0 Å². The summed E-state index contributed by atoms with van der Waals surface area (Å²) in [6.07, 6.45) is 0.0358. The van der Waals surface area contributed by atoms with E-state index >= 15 is 0 Å². The van der Waals surface area contributed by atoms with Gasteiger partial charge < -0.3 is 9.84 Å². The summed E-state index contributed by atoms with van der Waals surface area (Å²) in [5.74, 6) is -1.78. The maximum absolute atomic E-state index is 10.8. The molecular formula is C13H18O4. The van der Waals surface area contributed by atoms with E-state index in [-0.39, 0.29) is 0 Å². The van der Waals surface area contributed by atoms with E-state index < -0.39 is 18.0 Å². The van der Waals surface area contributed by atoms with Crippen molar-refractivity contribution in [1.82, 2.24) is 0 Å². The van der Waals surface area contributed by atoms with E-state index in [1.165, 1.54) is 13.3 Å². The topological polar surface area (TPSA) is 63.6 Å². The number of carbonyl (C=O) groups excluding carboxylic acids is 1. The SMILES string of the molecule is CC(=O)OC(C(=O)O)c1ccccc1.CCC. The summed E-state index contributed by atoms with van der Waals surface area (Å²) in [4.78, 5) is 21.4. The first-order valence-corrected chi connectivity index (χ1v) is 5.47. The summed E-state index contributed by atoms with van der Waals surface area (Å²) in [6, 6.07) is 8.34. The Balaban J connectivity index is 0.000000770. The van der Waals surface area contributed by atoms with Gasteiger partial charge in [0.2, 0.25) is 6.10 Å². The van der Waals surface area contributed by atoms with Crippen molar-refractivity contribution in [1.29, 1.82) is 0 Å². The number of aliphatic carboxylic acids is 1. The van der Waals surface area contributed by atoms with E-state index in [4.69, 9.17) is 5.11 Å². The molecule has 0 aliphatic rings. The molecule has 0 aromatic heterocycles. The molecule has 4 heteroatoms. The molecule has 0 bridgehead atoms. The van der Waals surface area contributed by atoms with Crippen LogP contribution in [0.2, 0.25) is 0 Å². The molecule has 0 radical (unpaired) electrons. The summed E-state index contributed by atoms with van der Waals surface area (Å²) < 4.78 is 4.66. The summed E-state index contributed by atoms with van der Waals surface area (Å²) in [6.45, 7) is 5.43. The third-order valence-corrected chi connectivity index (χ3v) is 1.61. The largest absolute Gasteiger partial charge is 0.478 e. The van der Waals surface area contributed by atoms with Crippen LogP contribution in [0.15, 0.2) is 30.3 Å². The minimum atomic E-state index is -1.21. The average Bonchev–Trinajstić information content (AvgIpc) is 2.27. The normalized spacial score (nSPS) is 10.8. The van der Waals surface area contributed by atoms with Crippen LogP contribution in [-0.2, 0) is 14.3 Å². The zero-order chi connectivity index (χ0) is 13.3. The van der Waals surface area contributed by atoms with Gasteiger partial charge >= 0.3 is 11.9 Å². The lowest BCUT2D eigenvalue weighted by molar-refractivity contribution is -0.163. The molecule has 0 aliphatic carbocycles. The van der Waals surface area contributed by atoms with Crippen molar-refractivity contribution in [2.45, 2.75) is 33.3 Å². The Labute approximate surface area is 101 Å². The molecule has 0 amide bonds. The Hall–Kier alpha value is -1.84. The summed E-state index contributed by atoms with van der Waals surface area (Å²) in [5, 5.41) is 8.80. The molecule has 0 saturated heterocycles. The van der Waals surface area contributed by atoms with Gasteiger partial charge in [0.15, 0.2) is 0 Å². The van der Waals surface area contributed by atoms with Crippen LogP contribution in [0.3, 0.4) is 0 Å². The Kier molecular flexibility index (Phi) is 7.43. The zero-order valence-corrected chi connectivity index (χ0v) is 10.3. The van der Waals surface area contributed by atoms with Crippen LogP contribution < -0.4 is 0 Å². The third-order valence-electron chi connectivity index (χ3n) is 1.61. The molecule has 94 valence electrons. The maximum atomic E-state index is 10.8. The molecule has 1 unspecified atom stereocenters. The van der Waals surface area contributed by atoms with Gasteiger partial charge in [-0.25, -0.2) is 4.79 Å². The monoisotopic (exact) mass is 238 g/mol. The van der Waals surface area contributed by atoms with Crippen molar-refractivity contribution >= 4 is 11.9 Å². The number of carboxylic acid groups (broad SMARTS) is 1. The van der Waals surface area contributed by atoms with Crippen LogP contribution in [0.4, 0.5) is 0 Å². The van der Waals surface area contributed by atoms with Crippen molar-refractivity contribution < 1.29 is 19.4 Å². The Bertz CT molecular complexity index is 346. The molecule has 0 saturated carbocycles. The second-order valence-corrected chi connectivity index (χ2v) is 3.45. The minimum absolute atomic E-state index is 0.454. The van der Waals surface area contributed by atoms with Gasteiger partial charge in [0.1, 0.15) is 0 Å². The smallest absolute Gasteiger partial charge is 0.349 e. The first-order chi connectivity index (χ1) is 8.02. The first kappa shape index (κ1) is 15.2. The average molecular weight is 238 g/mol. The fraction of sp³-hybridized carbons (Fsp3) is 0.385. The van der Waals surface area contributed by atoms with Crippen LogP contribution >= 0.6 is 0 Å². The number of ether oxygens (including phenoxy) is 1. The van der Waals surface area contributed by atoms with Gasteiger partial charge in [-0.1, -0.05) is 50.6 Å². The molecule has 4 nitrogen and oxygen atoms in total. The van der Waals surface area contributed by atoms with Crippen LogP contribution in [0, 0.1) is 0 Å². The molecule has 1 aromatic rings. The van der Waals surface area contributed by atoms with Crippen LogP contribution in [0.5, 0.6) is 0 Å². The highest BCUT2D eigenvalue weighted by molar-refractivity contribution is 5.78. The Morgan fingerprint density at radius 1 is 1.24 bits per heavy atom. The molecule has 1 atom stereocenters. The fourth-order valence-corrected chi connectivity index (χ4v) is 1.05. The van der Waals surface area contributed by atoms with Gasteiger partial charge in [-0.15, -0.1) is 0 Å². The highest BCUT2D eigenvalue weighted by Gasteiger charge is 2.22. The molecule has 1 rings (SSSR count). The predicted molar refractivity (Wildman–Crippen MR) is 64.5 cm³/mol. The lowest BCUT2D eigenvalue weighted by Gasteiger charge is -2.11. The second kappa shape index (κ2) is 8.33. The molecule has 17 heavy (non-hydrogen) atoms. The van der Waals surface area contributed by atoms with Crippen molar-refractivity contribution in [3.8, 4) is 0 Å². The summed E-state index contributed by atoms with van der Waals surface area (Å²) in [7, 11) is 0. The lowest BCUT2D eigenvalue weighted by Crippen LogP contribution is -2.17. The third kappa shape index (κ3) is 6.35. The van der Waals surface area contributed by atoms with Gasteiger partial charge in [0.05, 0.1) is 0 Å². The molecule has 0 heterocycles. The van der Waals surface area contributed by atoms with Crippen LogP contribution in [-0.4, -0.2) is 17.0 Å². The highest BCUT2D eigenvalue weighted by atomic mass is 16.6. The summed E-state index contributed by atoms with van der Waals surface area (Å²) >= 11 is 0. The quantitative estimate of drug-likeness (QED) is 0.822. The van der Waals surface area contributed by atoms with E-state index in [1.807, 2.05) is 0 Å². The van der Waals surface area contributed by atoms with Crippen molar-refractivity contribution in [2.75, 3.05) is 0 Å². The number of hydrogen-bond acceptors (Lipinski definition) is 3. The first-order valence-electron chi connectivity index (χ1n) is 5.47. The van der Waals surface area contributed by atoms with E-state index in [9.17, 15) is 9.59 Å². The Morgan fingerprint density at radius 3 is 2.06 bits per heavy atom. The van der Waals surface area contributed by atoms with Crippen LogP contribution in [0.1, 0.15) is 38.9 Å². The molecular weight excluding hydrogens is 220 g/mol. The van der Waals surface area contributed by atoms with Gasteiger partial charge in [-0.3, -0.25) is 4.79 Å². The van der Waals surface area contributed by atoms with E-state index in [1.54, 1.807) is 30.3 Å². The molecule has 0 fully saturated rings.